The Bertz CT molecular complexity index is 869. The van der Waals surface area contributed by atoms with Crippen molar-refractivity contribution in [3.8, 4) is 10.6 Å². The molecule has 0 spiro atoms. The van der Waals surface area contributed by atoms with Gasteiger partial charge in [0.15, 0.2) is 0 Å². The van der Waals surface area contributed by atoms with Crippen LogP contribution in [0.1, 0.15) is 23.2 Å². The van der Waals surface area contributed by atoms with Crippen molar-refractivity contribution >= 4 is 23.1 Å². The number of hydrogen-bond donors (Lipinski definition) is 1. The van der Waals surface area contributed by atoms with Gasteiger partial charge in [0, 0.05) is 54.2 Å². The number of amides is 1. The number of anilines is 1. The van der Waals surface area contributed by atoms with Crippen molar-refractivity contribution in [3.63, 3.8) is 0 Å². The van der Waals surface area contributed by atoms with Crippen LogP contribution in [0, 0.1) is 0 Å². The number of nitrogens with zero attached hydrogens (tertiary/aromatic N) is 4. The maximum Gasteiger partial charge on any atom is 0.251 e. The van der Waals surface area contributed by atoms with Gasteiger partial charge in [-0.15, -0.1) is 11.3 Å². The number of piperidine rings is 1. The van der Waals surface area contributed by atoms with E-state index < -0.39 is 0 Å². The zero-order valence-corrected chi connectivity index (χ0v) is 15.0. The summed E-state index contributed by atoms with van der Waals surface area (Å²) in [7, 11) is 0. The van der Waals surface area contributed by atoms with E-state index >= 15 is 0 Å². The van der Waals surface area contributed by atoms with Crippen molar-refractivity contribution in [1.29, 1.82) is 0 Å². The van der Waals surface area contributed by atoms with E-state index in [4.69, 9.17) is 0 Å². The van der Waals surface area contributed by atoms with Crippen molar-refractivity contribution < 1.29 is 4.79 Å². The topological polar surface area (TPSA) is 71.0 Å². The van der Waals surface area contributed by atoms with Crippen molar-refractivity contribution in [2.24, 2.45) is 0 Å². The first-order chi connectivity index (χ1) is 12.8. The zero-order chi connectivity index (χ0) is 17.8. The standard InChI is InChI=1S/C19H19N5OS/c25-18(14-3-1-4-15(11-14)19-22-8-10-26-19)23-16-5-2-9-24(13-16)17-12-20-6-7-21-17/h1,3-4,6-8,10-12,16H,2,5,9,13H2,(H,23,25)/t16-/m0/s1. The molecule has 6 nitrogen and oxygen atoms in total. The maximum atomic E-state index is 12.7. The predicted molar refractivity (Wildman–Crippen MR) is 102 cm³/mol. The lowest BCUT2D eigenvalue weighted by molar-refractivity contribution is 0.0933. The number of rotatable bonds is 4. The molecular formula is C19H19N5OS. The first kappa shape index (κ1) is 16.7. The highest BCUT2D eigenvalue weighted by atomic mass is 32.1. The minimum atomic E-state index is -0.0469. The van der Waals surface area contributed by atoms with Gasteiger partial charge in [0.05, 0.1) is 6.20 Å². The normalized spacial score (nSPS) is 17.1. The Labute approximate surface area is 155 Å². The minimum Gasteiger partial charge on any atom is -0.353 e. The van der Waals surface area contributed by atoms with Crippen LogP contribution in [-0.2, 0) is 0 Å². The fourth-order valence-electron chi connectivity index (χ4n) is 3.19. The summed E-state index contributed by atoms with van der Waals surface area (Å²) >= 11 is 1.57. The number of aromatic nitrogens is 3. The van der Waals surface area contributed by atoms with E-state index in [-0.39, 0.29) is 11.9 Å². The molecule has 4 rings (SSSR count). The summed E-state index contributed by atoms with van der Waals surface area (Å²) in [4.78, 5) is 27.7. The molecule has 1 amide bonds. The quantitative estimate of drug-likeness (QED) is 0.770. The monoisotopic (exact) mass is 365 g/mol. The first-order valence-electron chi connectivity index (χ1n) is 8.61. The number of nitrogens with one attached hydrogen (secondary N) is 1. The van der Waals surface area contributed by atoms with Gasteiger partial charge in [-0.25, -0.2) is 9.97 Å². The predicted octanol–water partition coefficient (Wildman–Crippen LogP) is 3.00. The highest BCUT2D eigenvalue weighted by Crippen LogP contribution is 2.23. The van der Waals surface area contributed by atoms with Crippen LogP contribution in [-0.4, -0.2) is 40.0 Å². The third kappa shape index (κ3) is 3.72. The van der Waals surface area contributed by atoms with Crippen molar-refractivity contribution in [1.82, 2.24) is 20.3 Å². The van der Waals surface area contributed by atoms with Crippen LogP contribution in [0.5, 0.6) is 0 Å². The van der Waals surface area contributed by atoms with Gasteiger partial charge in [0.2, 0.25) is 0 Å². The van der Waals surface area contributed by atoms with Crippen molar-refractivity contribution in [3.05, 3.63) is 60.0 Å². The molecule has 0 unspecified atom stereocenters. The molecule has 3 heterocycles. The Morgan fingerprint density at radius 1 is 1.23 bits per heavy atom. The van der Waals surface area contributed by atoms with E-state index in [1.54, 1.807) is 36.1 Å². The van der Waals surface area contributed by atoms with Gasteiger partial charge in [-0.3, -0.25) is 9.78 Å². The molecule has 0 bridgehead atoms. The third-order valence-electron chi connectivity index (χ3n) is 4.43. The number of benzene rings is 1. The average Bonchev–Trinajstić information content (AvgIpc) is 3.24. The molecule has 2 aromatic heterocycles. The van der Waals surface area contributed by atoms with Gasteiger partial charge < -0.3 is 10.2 Å². The molecule has 132 valence electrons. The first-order valence-corrected chi connectivity index (χ1v) is 9.49. The molecule has 1 aromatic carbocycles. The lowest BCUT2D eigenvalue weighted by Gasteiger charge is -2.33. The van der Waals surface area contributed by atoms with Gasteiger partial charge in [-0.05, 0) is 25.0 Å². The van der Waals surface area contributed by atoms with Crippen LogP contribution < -0.4 is 10.2 Å². The van der Waals surface area contributed by atoms with Crippen molar-refractivity contribution in [2.45, 2.75) is 18.9 Å². The molecule has 1 atom stereocenters. The van der Waals surface area contributed by atoms with E-state index in [0.717, 1.165) is 42.3 Å². The molecule has 3 aromatic rings. The van der Waals surface area contributed by atoms with E-state index in [2.05, 4.69) is 25.2 Å². The number of thiazole rings is 1. The molecule has 1 fully saturated rings. The Hall–Kier alpha value is -2.80. The molecule has 1 saturated heterocycles. The maximum absolute atomic E-state index is 12.7. The van der Waals surface area contributed by atoms with Crippen LogP contribution in [0.4, 0.5) is 5.82 Å². The second kappa shape index (κ2) is 7.61. The van der Waals surface area contributed by atoms with Crippen molar-refractivity contribution in [2.75, 3.05) is 18.0 Å². The van der Waals surface area contributed by atoms with Crippen LogP contribution in [0.2, 0.25) is 0 Å². The minimum absolute atomic E-state index is 0.0469. The Kier molecular flexibility index (Phi) is 4.88. The summed E-state index contributed by atoms with van der Waals surface area (Å²) < 4.78 is 0. The second-order valence-electron chi connectivity index (χ2n) is 6.24. The Balaban J connectivity index is 1.44. The van der Waals surface area contributed by atoms with Crippen LogP contribution >= 0.6 is 11.3 Å². The smallest absolute Gasteiger partial charge is 0.251 e. The van der Waals surface area contributed by atoms with E-state index in [9.17, 15) is 4.79 Å². The van der Waals surface area contributed by atoms with Gasteiger partial charge in [0.25, 0.3) is 5.91 Å². The molecule has 1 N–H and O–H groups in total. The molecule has 7 heteroatoms. The molecule has 0 saturated carbocycles. The summed E-state index contributed by atoms with van der Waals surface area (Å²) in [6, 6.07) is 7.72. The molecular weight excluding hydrogens is 346 g/mol. The van der Waals surface area contributed by atoms with Gasteiger partial charge >= 0.3 is 0 Å². The van der Waals surface area contributed by atoms with Crippen LogP contribution in [0.3, 0.4) is 0 Å². The van der Waals surface area contributed by atoms with Gasteiger partial charge in [0.1, 0.15) is 10.8 Å². The zero-order valence-electron chi connectivity index (χ0n) is 14.2. The lowest BCUT2D eigenvalue weighted by atomic mass is 10.0. The number of carbonyl (C=O) groups is 1. The second-order valence-corrected chi connectivity index (χ2v) is 7.13. The molecule has 26 heavy (non-hydrogen) atoms. The molecule has 1 aliphatic rings. The van der Waals surface area contributed by atoms with E-state index in [1.807, 2.05) is 29.6 Å². The van der Waals surface area contributed by atoms with E-state index in [1.165, 1.54) is 0 Å². The number of hydrogen-bond acceptors (Lipinski definition) is 6. The lowest BCUT2D eigenvalue weighted by Crippen LogP contribution is -2.48. The van der Waals surface area contributed by atoms with Gasteiger partial charge in [-0.1, -0.05) is 12.1 Å². The highest BCUT2D eigenvalue weighted by molar-refractivity contribution is 7.13. The van der Waals surface area contributed by atoms with Crippen LogP contribution in [0.15, 0.2) is 54.4 Å². The Morgan fingerprint density at radius 2 is 2.19 bits per heavy atom. The summed E-state index contributed by atoms with van der Waals surface area (Å²) in [6.45, 7) is 1.68. The SMILES string of the molecule is O=C(N[C@H]1CCCN(c2cnccn2)C1)c1cccc(-c2nccs2)c1. The molecule has 1 aliphatic heterocycles. The third-order valence-corrected chi connectivity index (χ3v) is 5.26. The fourth-order valence-corrected chi connectivity index (χ4v) is 3.82. The summed E-state index contributed by atoms with van der Waals surface area (Å²) in [5.74, 6) is 0.812. The molecule has 0 aliphatic carbocycles. The average molecular weight is 365 g/mol. The Morgan fingerprint density at radius 3 is 3.00 bits per heavy atom. The fraction of sp³-hybridized carbons (Fsp3) is 0.263. The summed E-state index contributed by atoms with van der Waals surface area (Å²) in [6.07, 6.45) is 8.89. The van der Waals surface area contributed by atoms with E-state index in [0.29, 0.717) is 5.56 Å². The number of carbonyl (C=O) groups excluding carboxylic acids is 1. The van der Waals surface area contributed by atoms with Crippen LogP contribution in [0.25, 0.3) is 10.6 Å². The van der Waals surface area contributed by atoms with Gasteiger partial charge in [-0.2, -0.15) is 0 Å². The molecule has 0 radical (unpaired) electrons. The summed E-state index contributed by atoms with van der Waals surface area (Å²) in [5.41, 5.74) is 1.63. The summed E-state index contributed by atoms with van der Waals surface area (Å²) in [5, 5.41) is 6.02. The highest BCUT2D eigenvalue weighted by Gasteiger charge is 2.23. The largest absolute Gasteiger partial charge is 0.353 e.